The maximum Gasteiger partial charge on any atom is 0.335 e. The van der Waals surface area contributed by atoms with Crippen molar-refractivity contribution in [2.24, 2.45) is 0 Å². The van der Waals surface area contributed by atoms with E-state index in [1.54, 1.807) is 12.1 Å². The molecule has 0 heterocycles. The van der Waals surface area contributed by atoms with Gasteiger partial charge in [-0.15, -0.1) is 0 Å². The number of hydrogen-bond acceptors (Lipinski definition) is 3. The molecule has 1 unspecified atom stereocenters. The fourth-order valence-corrected chi connectivity index (χ4v) is 2.10. The fourth-order valence-electron chi connectivity index (χ4n) is 1.98. The van der Waals surface area contributed by atoms with Crippen molar-refractivity contribution in [2.45, 2.75) is 6.04 Å². The molecule has 1 N–H and O–H groups in total. The zero-order valence-corrected chi connectivity index (χ0v) is 12.4. The highest BCUT2D eigenvalue weighted by atomic mass is 35.5. The van der Waals surface area contributed by atoms with E-state index in [-0.39, 0.29) is 6.04 Å². The van der Waals surface area contributed by atoms with E-state index in [0.717, 1.165) is 11.3 Å². The van der Waals surface area contributed by atoms with Gasteiger partial charge in [0.15, 0.2) is 0 Å². The summed E-state index contributed by atoms with van der Waals surface area (Å²) in [5.74, 6) is -0.440. The van der Waals surface area contributed by atoms with Crippen LogP contribution in [0.15, 0.2) is 66.7 Å². The predicted octanol–water partition coefficient (Wildman–Crippen LogP) is 4.22. The minimum atomic E-state index is -0.440. The number of ether oxygens (including phenoxy) is 1. The molecule has 0 radical (unpaired) electrons. The van der Waals surface area contributed by atoms with Crippen LogP contribution < -0.4 is 5.32 Å². The molecule has 1 atom stereocenters. The molecular weight excluding hydrogens is 286 g/mol. The van der Waals surface area contributed by atoms with Crippen molar-refractivity contribution in [3.63, 3.8) is 0 Å². The van der Waals surface area contributed by atoms with Crippen molar-refractivity contribution in [3.05, 3.63) is 77.3 Å². The molecule has 0 saturated heterocycles. The van der Waals surface area contributed by atoms with E-state index in [1.165, 1.54) is 7.11 Å². The van der Waals surface area contributed by atoms with Crippen molar-refractivity contribution in [1.29, 1.82) is 0 Å². The van der Waals surface area contributed by atoms with Crippen molar-refractivity contribution in [2.75, 3.05) is 12.4 Å². The van der Waals surface area contributed by atoms with Gasteiger partial charge in [-0.1, -0.05) is 48.5 Å². The van der Waals surface area contributed by atoms with Gasteiger partial charge in [0.1, 0.15) is 0 Å². The van der Waals surface area contributed by atoms with E-state index in [0.29, 0.717) is 10.6 Å². The number of carbonyl (C=O) groups excluding carboxylic acids is 1. The number of halogens is 1. The van der Waals surface area contributed by atoms with Gasteiger partial charge in [-0.2, -0.15) is 0 Å². The molecule has 0 saturated carbocycles. The lowest BCUT2D eigenvalue weighted by atomic mass is 9.99. The monoisotopic (exact) mass is 301 g/mol. The highest BCUT2D eigenvalue weighted by Crippen LogP contribution is 2.27. The van der Waals surface area contributed by atoms with Crippen molar-refractivity contribution < 1.29 is 9.53 Å². The summed E-state index contributed by atoms with van der Waals surface area (Å²) < 4.78 is 4.77. The summed E-state index contributed by atoms with van der Waals surface area (Å²) in [5.41, 5.74) is 2.12. The lowest BCUT2D eigenvalue weighted by molar-refractivity contribution is -0.136. The summed E-state index contributed by atoms with van der Waals surface area (Å²) in [4.78, 5) is 11.8. The molecule has 108 valence electrons. The minimum Gasteiger partial charge on any atom is -0.466 e. The molecule has 0 amide bonds. The number of benzene rings is 2. The van der Waals surface area contributed by atoms with Crippen LogP contribution in [-0.4, -0.2) is 13.1 Å². The molecule has 2 aromatic rings. The Hall–Kier alpha value is -2.26. The number of nitrogens with one attached hydrogen (secondary N) is 1. The molecule has 2 rings (SSSR count). The van der Waals surface area contributed by atoms with Crippen molar-refractivity contribution >= 4 is 23.3 Å². The zero-order valence-electron chi connectivity index (χ0n) is 11.7. The first-order chi connectivity index (χ1) is 10.1. The van der Waals surface area contributed by atoms with Gasteiger partial charge < -0.3 is 10.1 Å². The molecule has 21 heavy (non-hydrogen) atoms. The number of anilines is 1. The second kappa shape index (κ2) is 6.95. The lowest BCUT2D eigenvalue weighted by Crippen LogP contribution is -2.19. The van der Waals surface area contributed by atoms with Gasteiger partial charge in [-0.05, 0) is 29.8 Å². The highest BCUT2D eigenvalue weighted by molar-refractivity contribution is 6.30. The largest absolute Gasteiger partial charge is 0.466 e. The third-order valence-electron chi connectivity index (χ3n) is 3.08. The van der Waals surface area contributed by atoms with Crippen LogP contribution in [0.5, 0.6) is 0 Å². The number of hydrogen-bond donors (Lipinski definition) is 1. The molecule has 0 fully saturated rings. The minimum absolute atomic E-state index is 0.346. The summed E-state index contributed by atoms with van der Waals surface area (Å²) in [7, 11) is 1.35. The maximum absolute atomic E-state index is 11.8. The van der Waals surface area contributed by atoms with Gasteiger partial charge >= 0.3 is 5.97 Å². The van der Waals surface area contributed by atoms with E-state index in [2.05, 4.69) is 11.9 Å². The van der Waals surface area contributed by atoms with Gasteiger partial charge in [0.2, 0.25) is 0 Å². The Morgan fingerprint density at radius 3 is 2.33 bits per heavy atom. The second-order valence-electron chi connectivity index (χ2n) is 4.51. The number of esters is 1. The van der Waals surface area contributed by atoms with Crippen LogP contribution in [0, 0.1) is 0 Å². The van der Waals surface area contributed by atoms with Crippen LogP contribution >= 0.6 is 11.6 Å². The van der Waals surface area contributed by atoms with Gasteiger partial charge in [0.25, 0.3) is 0 Å². The standard InChI is InChI=1S/C17H16ClNO2/c1-12(17(20)21-2)16(13-6-4-3-5-7-13)19-15-10-8-14(18)9-11-15/h3-11,16,19H,1H2,2H3. The number of methoxy groups -OCH3 is 1. The lowest BCUT2D eigenvalue weighted by Gasteiger charge is -2.21. The summed E-state index contributed by atoms with van der Waals surface area (Å²) in [6.45, 7) is 3.85. The molecule has 0 aliphatic heterocycles. The third kappa shape index (κ3) is 3.86. The van der Waals surface area contributed by atoms with Crippen molar-refractivity contribution in [3.8, 4) is 0 Å². The van der Waals surface area contributed by atoms with E-state index in [4.69, 9.17) is 16.3 Å². The first-order valence-electron chi connectivity index (χ1n) is 6.46. The van der Waals surface area contributed by atoms with Crippen LogP contribution in [0.2, 0.25) is 5.02 Å². The van der Waals surface area contributed by atoms with Gasteiger partial charge in [-0.3, -0.25) is 0 Å². The van der Waals surface area contributed by atoms with Crippen LogP contribution in [0.4, 0.5) is 5.69 Å². The predicted molar refractivity (Wildman–Crippen MR) is 85.4 cm³/mol. The zero-order chi connectivity index (χ0) is 15.2. The van der Waals surface area contributed by atoms with Crippen LogP contribution in [0.25, 0.3) is 0 Å². The Morgan fingerprint density at radius 1 is 1.14 bits per heavy atom. The Labute approximate surface area is 129 Å². The number of carbonyl (C=O) groups is 1. The van der Waals surface area contributed by atoms with E-state index in [9.17, 15) is 4.79 Å². The first kappa shape index (κ1) is 15.1. The highest BCUT2D eigenvalue weighted by Gasteiger charge is 2.21. The van der Waals surface area contributed by atoms with Gasteiger partial charge in [0.05, 0.1) is 18.7 Å². The molecule has 4 heteroatoms. The summed E-state index contributed by atoms with van der Waals surface area (Å²) >= 11 is 5.88. The average Bonchev–Trinajstić information content (AvgIpc) is 2.53. The van der Waals surface area contributed by atoms with Crippen LogP contribution in [0.1, 0.15) is 11.6 Å². The summed E-state index contributed by atoms with van der Waals surface area (Å²) in [6, 6.07) is 16.5. The molecular formula is C17H16ClNO2. The SMILES string of the molecule is C=C(C(=O)OC)C(Nc1ccc(Cl)cc1)c1ccccc1. The fraction of sp³-hybridized carbons (Fsp3) is 0.118. The molecule has 0 bridgehead atoms. The smallest absolute Gasteiger partial charge is 0.335 e. The average molecular weight is 302 g/mol. The first-order valence-corrected chi connectivity index (χ1v) is 6.84. The molecule has 3 nitrogen and oxygen atoms in total. The van der Waals surface area contributed by atoms with Gasteiger partial charge in [-0.25, -0.2) is 4.79 Å². The van der Waals surface area contributed by atoms with Crippen LogP contribution in [-0.2, 0) is 9.53 Å². The van der Waals surface area contributed by atoms with E-state index < -0.39 is 5.97 Å². The molecule has 0 spiro atoms. The number of rotatable bonds is 5. The topological polar surface area (TPSA) is 38.3 Å². The second-order valence-corrected chi connectivity index (χ2v) is 4.95. The van der Waals surface area contributed by atoms with E-state index >= 15 is 0 Å². The van der Waals surface area contributed by atoms with Crippen LogP contribution in [0.3, 0.4) is 0 Å². The van der Waals surface area contributed by atoms with Crippen molar-refractivity contribution in [1.82, 2.24) is 0 Å². The third-order valence-corrected chi connectivity index (χ3v) is 3.34. The molecule has 0 aromatic heterocycles. The Morgan fingerprint density at radius 2 is 1.76 bits per heavy atom. The Bertz CT molecular complexity index is 623. The molecule has 0 aliphatic rings. The quantitative estimate of drug-likeness (QED) is 0.663. The molecule has 0 aliphatic carbocycles. The Balaban J connectivity index is 2.30. The maximum atomic E-state index is 11.8. The summed E-state index contributed by atoms with van der Waals surface area (Å²) in [5, 5.41) is 3.93. The van der Waals surface area contributed by atoms with Gasteiger partial charge in [0, 0.05) is 10.7 Å². The Kier molecular flexibility index (Phi) is 5.01. The van der Waals surface area contributed by atoms with E-state index in [1.807, 2.05) is 42.5 Å². The summed E-state index contributed by atoms with van der Waals surface area (Å²) in [6.07, 6.45) is 0. The normalized spacial score (nSPS) is 11.5. The molecule has 2 aromatic carbocycles.